The van der Waals surface area contributed by atoms with Crippen LogP contribution in [0, 0.1) is 19.6 Å². The third-order valence-corrected chi connectivity index (χ3v) is 5.41. The van der Waals surface area contributed by atoms with E-state index in [9.17, 15) is 14.9 Å². The van der Waals surface area contributed by atoms with Gasteiger partial charge in [0.15, 0.2) is 0 Å². The van der Waals surface area contributed by atoms with E-state index in [1.165, 1.54) is 0 Å². The summed E-state index contributed by atoms with van der Waals surface area (Å²) < 4.78 is 0.875. The van der Waals surface area contributed by atoms with E-state index in [4.69, 9.17) is 0 Å². The number of nitro benzene ring substituents is 1. The minimum Gasteiger partial charge on any atom is -0.366 e. The van der Waals surface area contributed by atoms with E-state index in [0.29, 0.717) is 18.0 Å². The lowest BCUT2D eigenvalue weighted by Crippen LogP contribution is -2.39. The Morgan fingerprint density at radius 2 is 2.00 bits per heavy atom. The highest BCUT2D eigenvalue weighted by Crippen LogP contribution is 2.33. The summed E-state index contributed by atoms with van der Waals surface area (Å²) in [7, 11) is 0. The van der Waals surface area contributed by atoms with Crippen LogP contribution in [0.25, 0.3) is 0 Å². The number of anilines is 1. The zero-order valence-electron chi connectivity index (χ0n) is 12.9. The van der Waals surface area contributed by atoms with Gasteiger partial charge in [-0.15, -0.1) is 0 Å². The minimum absolute atomic E-state index is 0.185. The molecule has 0 aromatic heterocycles. The molecule has 0 atom stereocenters. The van der Waals surface area contributed by atoms with Gasteiger partial charge >= 0.3 is 0 Å². The Balaban J connectivity index is 1.63. The SMILES string of the molecule is O=C1CCCN1CC1CCN(c2ccc(I)cc2[N+](=O)[O-])CC1. The Morgan fingerprint density at radius 1 is 1.26 bits per heavy atom. The van der Waals surface area contributed by atoms with Crippen LogP contribution in [0.4, 0.5) is 11.4 Å². The van der Waals surface area contributed by atoms with Gasteiger partial charge in [0.05, 0.1) is 4.92 Å². The molecule has 3 rings (SSSR count). The number of halogens is 1. The van der Waals surface area contributed by atoms with Gasteiger partial charge in [-0.25, -0.2) is 0 Å². The topological polar surface area (TPSA) is 66.7 Å². The molecule has 2 fully saturated rings. The number of nitro groups is 1. The second kappa shape index (κ2) is 7.02. The summed E-state index contributed by atoms with van der Waals surface area (Å²) in [6.45, 7) is 3.37. The monoisotopic (exact) mass is 429 g/mol. The molecule has 6 nitrogen and oxygen atoms in total. The van der Waals surface area contributed by atoms with Gasteiger partial charge in [-0.05, 0) is 59.9 Å². The predicted octanol–water partition coefficient (Wildman–Crippen LogP) is 3.04. The van der Waals surface area contributed by atoms with Gasteiger partial charge in [0.25, 0.3) is 5.69 Å². The normalized spacial score (nSPS) is 19.4. The molecular formula is C16H20IN3O3. The zero-order valence-corrected chi connectivity index (χ0v) is 15.1. The maximum atomic E-state index is 11.7. The summed E-state index contributed by atoms with van der Waals surface area (Å²) in [5, 5.41) is 11.3. The number of carbonyl (C=O) groups excluding carboxylic acids is 1. The van der Waals surface area contributed by atoms with Crippen molar-refractivity contribution in [3.63, 3.8) is 0 Å². The van der Waals surface area contributed by atoms with Crippen LogP contribution in [-0.2, 0) is 4.79 Å². The molecule has 0 saturated carbocycles. The Morgan fingerprint density at radius 3 is 2.61 bits per heavy atom. The predicted molar refractivity (Wildman–Crippen MR) is 96.6 cm³/mol. The molecule has 7 heteroatoms. The molecule has 2 aliphatic rings. The minimum atomic E-state index is -0.299. The van der Waals surface area contributed by atoms with Crippen LogP contribution in [0.15, 0.2) is 18.2 Å². The number of piperidine rings is 1. The van der Waals surface area contributed by atoms with Crippen LogP contribution in [0.2, 0.25) is 0 Å². The molecule has 0 radical (unpaired) electrons. The maximum Gasteiger partial charge on any atom is 0.293 e. The fourth-order valence-electron chi connectivity index (χ4n) is 3.48. The molecule has 1 aromatic carbocycles. The number of hydrogen-bond donors (Lipinski definition) is 0. The summed E-state index contributed by atoms with van der Waals surface area (Å²) >= 11 is 2.10. The molecule has 0 aliphatic carbocycles. The van der Waals surface area contributed by atoms with Crippen LogP contribution >= 0.6 is 22.6 Å². The van der Waals surface area contributed by atoms with Crippen LogP contribution in [0.5, 0.6) is 0 Å². The number of benzene rings is 1. The number of rotatable bonds is 4. The van der Waals surface area contributed by atoms with E-state index in [1.807, 2.05) is 17.0 Å². The summed E-state index contributed by atoms with van der Waals surface area (Å²) in [5.41, 5.74) is 0.899. The van der Waals surface area contributed by atoms with Crippen molar-refractivity contribution < 1.29 is 9.72 Å². The Kier molecular flexibility index (Phi) is 5.03. The first-order chi connectivity index (χ1) is 11.0. The van der Waals surface area contributed by atoms with Crippen molar-refractivity contribution in [2.24, 2.45) is 5.92 Å². The first-order valence-corrected chi connectivity index (χ1v) is 9.09. The highest BCUT2D eigenvalue weighted by molar-refractivity contribution is 14.1. The first-order valence-electron chi connectivity index (χ1n) is 8.01. The standard InChI is InChI=1S/C16H20IN3O3/c17-13-3-4-14(15(10-13)20(22)23)18-8-5-12(6-9-18)11-19-7-1-2-16(19)21/h3-4,10,12H,1-2,5-9,11H2. The number of amides is 1. The lowest BCUT2D eigenvalue weighted by atomic mass is 9.95. The number of carbonyl (C=O) groups is 1. The third kappa shape index (κ3) is 3.76. The molecule has 0 spiro atoms. The van der Waals surface area contributed by atoms with Crippen molar-refractivity contribution in [3.8, 4) is 0 Å². The molecule has 0 unspecified atom stereocenters. The second-order valence-corrected chi connectivity index (χ2v) is 7.51. The fraction of sp³-hybridized carbons (Fsp3) is 0.562. The largest absolute Gasteiger partial charge is 0.366 e. The van der Waals surface area contributed by atoms with E-state index in [2.05, 4.69) is 27.5 Å². The number of likely N-dealkylation sites (tertiary alicyclic amines) is 1. The van der Waals surface area contributed by atoms with Gasteiger partial charge in [0, 0.05) is 42.2 Å². The van der Waals surface area contributed by atoms with Crippen LogP contribution in [0.1, 0.15) is 25.7 Å². The summed E-state index contributed by atoms with van der Waals surface area (Å²) in [4.78, 5) is 26.8. The molecule has 1 aromatic rings. The molecule has 2 saturated heterocycles. The van der Waals surface area contributed by atoms with Gasteiger partial charge in [0.1, 0.15) is 5.69 Å². The lowest BCUT2D eigenvalue weighted by molar-refractivity contribution is -0.384. The Bertz CT molecular complexity index is 615. The highest BCUT2D eigenvalue weighted by Gasteiger charge is 2.28. The number of nitrogens with zero attached hydrogens (tertiary/aromatic N) is 3. The van der Waals surface area contributed by atoms with Crippen molar-refractivity contribution in [1.82, 2.24) is 4.90 Å². The van der Waals surface area contributed by atoms with Crippen molar-refractivity contribution >= 4 is 39.9 Å². The van der Waals surface area contributed by atoms with Gasteiger partial charge in [-0.1, -0.05) is 0 Å². The number of hydrogen-bond acceptors (Lipinski definition) is 4. The van der Waals surface area contributed by atoms with E-state index in [-0.39, 0.29) is 16.5 Å². The second-order valence-electron chi connectivity index (χ2n) is 6.26. The molecule has 2 aliphatic heterocycles. The zero-order chi connectivity index (χ0) is 16.4. The third-order valence-electron chi connectivity index (χ3n) is 4.74. The smallest absolute Gasteiger partial charge is 0.293 e. The van der Waals surface area contributed by atoms with Crippen molar-refractivity contribution in [1.29, 1.82) is 0 Å². The quantitative estimate of drug-likeness (QED) is 0.419. The van der Waals surface area contributed by atoms with Crippen LogP contribution in [0.3, 0.4) is 0 Å². The maximum absolute atomic E-state index is 11.7. The first kappa shape index (κ1) is 16.5. The average Bonchev–Trinajstić information content (AvgIpc) is 2.93. The van der Waals surface area contributed by atoms with E-state index < -0.39 is 0 Å². The summed E-state index contributed by atoms with van der Waals surface area (Å²) in [6, 6.07) is 5.40. The summed E-state index contributed by atoms with van der Waals surface area (Å²) in [6.07, 6.45) is 3.63. The van der Waals surface area contributed by atoms with Crippen molar-refractivity contribution in [2.75, 3.05) is 31.1 Å². The van der Waals surface area contributed by atoms with Gasteiger partial charge < -0.3 is 9.80 Å². The molecule has 0 N–H and O–H groups in total. The van der Waals surface area contributed by atoms with E-state index in [1.54, 1.807) is 6.07 Å². The molecule has 124 valence electrons. The van der Waals surface area contributed by atoms with Gasteiger partial charge in [-0.3, -0.25) is 14.9 Å². The Hall–Kier alpha value is -1.38. The van der Waals surface area contributed by atoms with Crippen LogP contribution < -0.4 is 4.90 Å². The lowest BCUT2D eigenvalue weighted by Gasteiger charge is -2.35. The molecular weight excluding hydrogens is 409 g/mol. The van der Waals surface area contributed by atoms with E-state index >= 15 is 0 Å². The van der Waals surface area contributed by atoms with Crippen molar-refractivity contribution in [3.05, 3.63) is 31.9 Å². The van der Waals surface area contributed by atoms with Gasteiger partial charge in [-0.2, -0.15) is 0 Å². The highest BCUT2D eigenvalue weighted by atomic mass is 127. The van der Waals surface area contributed by atoms with Crippen LogP contribution in [-0.4, -0.2) is 41.9 Å². The average molecular weight is 429 g/mol. The molecule has 23 heavy (non-hydrogen) atoms. The molecule has 1 amide bonds. The van der Waals surface area contributed by atoms with Crippen molar-refractivity contribution in [2.45, 2.75) is 25.7 Å². The summed E-state index contributed by atoms with van der Waals surface area (Å²) in [5.74, 6) is 0.789. The molecule has 2 heterocycles. The van der Waals surface area contributed by atoms with E-state index in [0.717, 1.165) is 49.0 Å². The fourth-order valence-corrected chi connectivity index (χ4v) is 3.95. The molecule has 0 bridgehead atoms. The Labute approximate surface area is 149 Å². The van der Waals surface area contributed by atoms with Gasteiger partial charge in [0.2, 0.25) is 5.91 Å².